The lowest BCUT2D eigenvalue weighted by atomic mass is 10.1. The van der Waals surface area contributed by atoms with E-state index in [0.717, 1.165) is 33.9 Å². The number of hydrogen-bond acceptors (Lipinski definition) is 4. The van der Waals surface area contributed by atoms with E-state index in [2.05, 4.69) is 0 Å². The predicted molar refractivity (Wildman–Crippen MR) is 119 cm³/mol. The summed E-state index contributed by atoms with van der Waals surface area (Å²) in [5, 5.41) is 0. The van der Waals surface area contributed by atoms with Crippen molar-refractivity contribution in [3.8, 4) is 11.5 Å². The maximum atomic E-state index is 13.4. The molecule has 0 saturated carbocycles. The Morgan fingerprint density at radius 3 is 2.23 bits per heavy atom. The Labute approximate surface area is 175 Å². The summed E-state index contributed by atoms with van der Waals surface area (Å²) < 4.78 is 10.5. The van der Waals surface area contributed by atoms with Gasteiger partial charge in [0.15, 0.2) is 0 Å². The van der Waals surface area contributed by atoms with E-state index in [4.69, 9.17) is 14.5 Å². The van der Waals surface area contributed by atoms with Crippen molar-refractivity contribution >= 4 is 23.5 Å². The van der Waals surface area contributed by atoms with Crippen LogP contribution in [0.2, 0.25) is 0 Å². The second kappa shape index (κ2) is 8.25. The van der Waals surface area contributed by atoms with Gasteiger partial charge in [0, 0.05) is 5.56 Å². The van der Waals surface area contributed by atoms with Gasteiger partial charge in [0.25, 0.3) is 5.91 Å². The number of ether oxygens (including phenoxy) is 2. The summed E-state index contributed by atoms with van der Waals surface area (Å²) in [4.78, 5) is 19.7. The normalized spacial score (nSPS) is 14.8. The largest absolute Gasteiger partial charge is 0.497 e. The Morgan fingerprint density at radius 2 is 1.57 bits per heavy atom. The summed E-state index contributed by atoms with van der Waals surface area (Å²) in [6.07, 6.45) is 1.78. The topological polar surface area (TPSA) is 51.1 Å². The Bertz CT molecular complexity index is 1130. The number of aryl methyl sites for hydroxylation is 1. The maximum absolute atomic E-state index is 13.4. The molecule has 0 bridgehead atoms. The van der Waals surface area contributed by atoms with Crippen molar-refractivity contribution in [3.63, 3.8) is 0 Å². The summed E-state index contributed by atoms with van der Waals surface area (Å²) in [5.41, 5.74) is 3.97. The molecule has 0 spiro atoms. The van der Waals surface area contributed by atoms with E-state index < -0.39 is 0 Å². The molecule has 1 heterocycles. The number of hydrogen-bond donors (Lipinski definition) is 0. The number of amides is 1. The zero-order chi connectivity index (χ0) is 21.1. The lowest BCUT2D eigenvalue weighted by molar-refractivity contribution is -0.113. The Kier molecular flexibility index (Phi) is 5.35. The fraction of sp³-hybridized carbons (Fsp3) is 0.120. The van der Waals surface area contributed by atoms with E-state index in [1.165, 1.54) is 0 Å². The van der Waals surface area contributed by atoms with Crippen LogP contribution in [0.1, 0.15) is 16.7 Å². The zero-order valence-corrected chi connectivity index (χ0v) is 17.1. The van der Waals surface area contributed by atoms with Crippen molar-refractivity contribution in [2.75, 3.05) is 19.1 Å². The Morgan fingerprint density at radius 1 is 0.867 bits per heavy atom. The molecule has 30 heavy (non-hydrogen) atoms. The van der Waals surface area contributed by atoms with E-state index in [-0.39, 0.29) is 5.91 Å². The van der Waals surface area contributed by atoms with Gasteiger partial charge >= 0.3 is 0 Å². The third-order valence-electron chi connectivity index (χ3n) is 4.90. The van der Waals surface area contributed by atoms with E-state index in [9.17, 15) is 4.79 Å². The van der Waals surface area contributed by atoms with Gasteiger partial charge in [0.05, 0.1) is 19.9 Å². The van der Waals surface area contributed by atoms with Gasteiger partial charge in [-0.1, -0.05) is 42.0 Å². The predicted octanol–water partition coefficient (Wildman–Crippen LogP) is 4.85. The summed E-state index contributed by atoms with van der Waals surface area (Å²) in [5.74, 6) is 1.87. The lowest BCUT2D eigenvalue weighted by Gasteiger charge is -2.19. The van der Waals surface area contributed by atoms with Crippen LogP contribution in [-0.4, -0.2) is 26.0 Å². The van der Waals surface area contributed by atoms with Crippen molar-refractivity contribution < 1.29 is 14.3 Å². The number of aliphatic imine (C=N–C) groups is 1. The minimum atomic E-state index is -0.182. The molecule has 150 valence electrons. The molecule has 0 unspecified atom stereocenters. The first-order valence-corrected chi connectivity index (χ1v) is 9.59. The molecule has 0 fully saturated rings. The quantitative estimate of drug-likeness (QED) is 0.578. The van der Waals surface area contributed by atoms with Gasteiger partial charge in [-0.2, -0.15) is 0 Å². The third kappa shape index (κ3) is 3.82. The minimum Gasteiger partial charge on any atom is -0.497 e. The van der Waals surface area contributed by atoms with Gasteiger partial charge in [-0.05, 0) is 55.0 Å². The summed E-state index contributed by atoms with van der Waals surface area (Å²) in [6, 6.07) is 22.9. The molecule has 1 aliphatic rings. The van der Waals surface area contributed by atoms with Crippen LogP contribution < -0.4 is 14.4 Å². The summed E-state index contributed by atoms with van der Waals surface area (Å²) >= 11 is 0. The second-order valence-corrected chi connectivity index (χ2v) is 6.95. The van der Waals surface area contributed by atoms with Crippen LogP contribution in [0.15, 0.2) is 83.5 Å². The van der Waals surface area contributed by atoms with Crippen molar-refractivity contribution in [1.82, 2.24) is 0 Å². The van der Waals surface area contributed by atoms with Crippen LogP contribution >= 0.6 is 0 Å². The minimum absolute atomic E-state index is 0.182. The lowest BCUT2D eigenvalue weighted by Crippen LogP contribution is -2.32. The molecular weight excluding hydrogens is 376 g/mol. The molecule has 5 nitrogen and oxygen atoms in total. The number of nitrogens with zero attached hydrogens (tertiary/aromatic N) is 2. The highest BCUT2D eigenvalue weighted by atomic mass is 16.5. The van der Waals surface area contributed by atoms with Crippen molar-refractivity contribution in [2.24, 2.45) is 4.99 Å². The fourth-order valence-electron chi connectivity index (χ4n) is 3.27. The fourth-order valence-corrected chi connectivity index (χ4v) is 3.27. The number of amidine groups is 1. The molecular formula is C25H22N2O3. The highest BCUT2D eigenvalue weighted by molar-refractivity contribution is 6.33. The van der Waals surface area contributed by atoms with Crippen LogP contribution in [0.5, 0.6) is 11.5 Å². The number of methoxy groups -OCH3 is 2. The highest BCUT2D eigenvalue weighted by Gasteiger charge is 2.32. The van der Waals surface area contributed by atoms with Gasteiger partial charge < -0.3 is 9.47 Å². The molecule has 0 atom stereocenters. The number of anilines is 1. The van der Waals surface area contributed by atoms with Gasteiger partial charge in [-0.25, -0.2) is 4.99 Å². The molecule has 4 rings (SSSR count). The molecule has 5 heteroatoms. The first-order valence-electron chi connectivity index (χ1n) is 9.59. The molecule has 0 N–H and O–H groups in total. The molecule has 0 aliphatic carbocycles. The van der Waals surface area contributed by atoms with E-state index in [1.807, 2.05) is 79.7 Å². The van der Waals surface area contributed by atoms with Crippen molar-refractivity contribution in [1.29, 1.82) is 0 Å². The van der Waals surface area contributed by atoms with E-state index >= 15 is 0 Å². The third-order valence-corrected chi connectivity index (χ3v) is 4.90. The van der Waals surface area contributed by atoms with E-state index in [0.29, 0.717) is 11.5 Å². The number of carbonyl (C=O) groups is 1. The standard InChI is InChI=1S/C25H22N2O3/c1-17-7-9-19(10-8-17)24-26-23(16-18-5-4-6-22(15-18)30-3)25(28)27(24)20-11-13-21(29-2)14-12-20/h4-16H,1-3H3/b23-16+. The van der Waals surface area contributed by atoms with Gasteiger partial charge in [-0.3, -0.25) is 9.69 Å². The molecule has 3 aromatic carbocycles. The molecule has 1 amide bonds. The van der Waals surface area contributed by atoms with Crippen LogP contribution in [0.4, 0.5) is 5.69 Å². The summed E-state index contributed by atoms with van der Waals surface area (Å²) in [6.45, 7) is 2.03. The second-order valence-electron chi connectivity index (χ2n) is 6.95. The van der Waals surface area contributed by atoms with E-state index in [1.54, 1.807) is 25.2 Å². The maximum Gasteiger partial charge on any atom is 0.282 e. The number of rotatable bonds is 5. The van der Waals surface area contributed by atoms with Crippen LogP contribution in [0.3, 0.4) is 0 Å². The average Bonchev–Trinajstić information content (AvgIpc) is 3.10. The Hall–Kier alpha value is -3.86. The molecule has 0 aromatic heterocycles. The molecule has 0 saturated heterocycles. The van der Waals surface area contributed by atoms with Crippen LogP contribution in [0.25, 0.3) is 6.08 Å². The Balaban J connectivity index is 1.79. The smallest absolute Gasteiger partial charge is 0.282 e. The van der Waals surface area contributed by atoms with Crippen molar-refractivity contribution in [2.45, 2.75) is 6.92 Å². The highest BCUT2D eigenvalue weighted by Crippen LogP contribution is 2.29. The summed E-state index contributed by atoms with van der Waals surface area (Å²) in [7, 11) is 3.23. The monoisotopic (exact) mass is 398 g/mol. The van der Waals surface area contributed by atoms with Gasteiger partial charge in [0.2, 0.25) is 0 Å². The van der Waals surface area contributed by atoms with Crippen LogP contribution in [0, 0.1) is 6.92 Å². The average molecular weight is 398 g/mol. The first-order chi connectivity index (χ1) is 14.6. The van der Waals surface area contributed by atoms with Gasteiger partial charge in [-0.15, -0.1) is 0 Å². The first kappa shape index (κ1) is 19.5. The molecule has 0 radical (unpaired) electrons. The van der Waals surface area contributed by atoms with Crippen LogP contribution in [-0.2, 0) is 4.79 Å². The molecule has 3 aromatic rings. The number of benzene rings is 3. The SMILES string of the molecule is COc1ccc(N2C(=O)/C(=C\c3cccc(OC)c3)N=C2c2ccc(C)cc2)cc1. The van der Waals surface area contributed by atoms with Gasteiger partial charge in [0.1, 0.15) is 23.0 Å². The molecule has 1 aliphatic heterocycles. The van der Waals surface area contributed by atoms with Crippen molar-refractivity contribution in [3.05, 3.63) is 95.2 Å². The number of carbonyl (C=O) groups excluding carboxylic acids is 1. The zero-order valence-electron chi connectivity index (χ0n) is 17.1.